The first-order chi connectivity index (χ1) is 18.3. The first-order valence-electron chi connectivity index (χ1n) is 13.3. The molecule has 2 saturated heterocycles. The molecule has 3 aromatic rings. The van der Waals surface area contributed by atoms with Gasteiger partial charge in [-0.3, -0.25) is 0 Å². The van der Waals surface area contributed by atoms with Gasteiger partial charge >= 0.3 is 0 Å². The van der Waals surface area contributed by atoms with Gasteiger partial charge in [0, 0.05) is 50.5 Å². The molecule has 0 atom stereocenters. The normalized spacial score (nSPS) is 20.1. The smallest absolute Gasteiger partial charge is 0.251 e. The monoisotopic (exact) mass is 543 g/mol. The third-order valence-electron chi connectivity index (χ3n) is 8.06. The SMILES string of the molecule is CCSNc1ccc(-n2cc(-c3ccc(F)c(N4CCC(F)(F)CC4)n3)nn2)c(N2CCC3(CC2)CC3)c1. The molecule has 1 aromatic carbocycles. The molecular formula is C27H32F3N7S. The van der Waals surface area contributed by atoms with E-state index in [1.165, 1.54) is 31.7 Å². The highest BCUT2D eigenvalue weighted by molar-refractivity contribution is 8.00. The maximum atomic E-state index is 14.6. The minimum atomic E-state index is -2.71. The molecule has 2 aliphatic heterocycles. The van der Waals surface area contributed by atoms with Gasteiger partial charge in [0.1, 0.15) is 5.69 Å². The molecule has 7 nitrogen and oxygen atoms in total. The molecule has 1 N–H and O–H groups in total. The zero-order chi connectivity index (χ0) is 26.3. The summed E-state index contributed by atoms with van der Waals surface area (Å²) in [5.74, 6) is -2.19. The van der Waals surface area contributed by atoms with Gasteiger partial charge < -0.3 is 14.5 Å². The minimum absolute atomic E-state index is 0.0598. The summed E-state index contributed by atoms with van der Waals surface area (Å²) in [4.78, 5) is 8.49. The Bertz CT molecular complexity index is 1290. The fraction of sp³-hybridized carbons (Fsp3) is 0.519. The Morgan fingerprint density at radius 2 is 1.63 bits per heavy atom. The molecule has 2 aromatic heterocycles. The average molecular weight is 544 g/mol. The van der Waals surface area contributed by atoms with Gasteiger partial charge in [0.25, 0.3) is 5.92 Å². The van der Waals surface area contributed by atoms with Crippen LogP contribution in [0.3, 0.4) is 0 Å². The highest BCUT2D eigenvalue weighted by atomic mass is 32.2. The van der Waals surface area contributed by atoms with E-state index in [1.54, 1.807) is 33.8 Å². The summed E-state index contributed by atoms with van der Waals surface area (Å²) in [5.41, 5.74) is 4.58. The predicted molar refractivity (Wildman–Crippen MR) is 146 cm³/mol. The lowest BCUT2D eigenvalue weighted by molar-refractivity contribution is -0.0222. The minimum Gasteiger partial charge on any atom is -0.370 e. The van der Waals surface area contributed by atoms with Crippen molar-refractivity contribution in [2.75, 3.05) is 46.5 Å². The highest BCUT2D eigenvalue weighted by Gasteiger charge is 2.44. The summed E-state index contributed by atoms with van der Waals surface area (Å²) in [5, 5.41) is 8.75. The molecular weight excluding hydrogens is 511 g/mol. The van der Waals surface area contributed by atoms with E-state index in [4.69, 9.17) is 0 Å². The van der Waals surface area contributed by atoms with Crippen molar-refractivity contribution < 1.29 is 13.2 Å². The molecule has 0 amide bonds. The number of hydrogen-bond acceptors (Lipinski definition) is 7. The van der Waals surface area contributed by atoms with Crippen LogP contribution in [-0.2, 0) is 0 Å². The van der Waals surface area contributed by atoms with E-state index in [0.29, 0.717) is 16.8 Å². The van der Waals surface area contributed by atoms with Crippen LogP contribution in [0.25, 0.3) is 17.1 Å². The number of pyridine rings is 1. The maximum absolute atomic E-state index is 14.6. The Hall–Kier alpha value is -2.95. The summed E-state index contributed by atoms with van der Waals surface area (Å²) in [6, 6.07) is 9.13. The number of piperidine rings is 2. The number of alkyl halides is 2. The van der Waals surface area contributed by atoms with E-state index >= 15 is 0 Å². The maximum Gasteiger partial charge on any atom is 0.251 e. The Kier molecular flexibility index (Phi) is 6.65. The average Bonchev–Trinajstić information content (AvgIpc) is 3.49. The van der Waals surface area contributed by atoms with Crippen molar-refractivity contribution in [3.05, 3.63) is 42.3 Å². The van der Waals surface area contributed by atoms with Crippen molar-refractivity contribution in [3.8, 4) is 17.1 Å². The molecule has 6 rings (SSSR count). The lowest BCUT2D eigenvalue weighted by Crippen LogP contribution is -2.40. The molecule has 1 aliphatic carbocycles. The second kappa shape index (κ2) is 9.98. The molecule has 0 unspecified atom stereocenters. The molecule has 0 bridgehead atoms. The van der Waals surface area contributed by atoms with Crippen molar-refractivity contribution in [3.63, 3.8) is 0 Å². The molecule has 1 spiro atoms. The van der Waals surface area contributed by atoms with Crippen molar-refractivity contribution in [2.45, 2.75) is 51.4 Å². The van der Waals surface area contributed by atoms with E-state index in [9.17, 15) is 13.2 Å². The third-order valence-corrected chi connectivity index (χ3v) is 8.73. The van der Waals surface area contributed by atoms with Crippen LogP contribution < -0.4 is 14.5 Å². The van der Waals surface area contributed by atoms with Crippen LogP contribution >= 0.6 is 11.9 Å². The van der Waals surface area contributed by atoms with E-state index in [1.807, 2.05) is 12.1 Å². The second-order valence-corrected chi connectivity index (χ2v) is 11.7. The number of halogens is 3. The zero-order valence-corrected chi connectivity index (χ0v) is 22.3. The third kappa shape index (κ3) is 5.17. The van der Waals surface area contributed by atoms with Crippen LogP contribution in [0, 0.1) is 11.2 Å². The number of benzene rings is 1. The van der Waals surface area contributed by atoms with Gasteiger partial charge in [0.05, 0.1) is 23.3 Å². The lowest BCUT2D eigenvalue weighted by atomic mass is 9.93. The quantitative estimate of drug-likeness (QED) is 0.358. The van der Waals surface area contributed by atoms with Crippen LogP contribution in [0.1, 0.15) is 45.4 Å². The summed E-state index contributed by atoms with van der Waals surface area (Å²) in [6.45, 7) is 4.25. The van der Waals surface area contributed by atoms with Crippen LogP contribution in [0.2, 0.25) is 0 Å². The van der Waals surface area contributed by atoms with Crippen LogP contribution in [0.15, 0.2) is 36.5 Å². The first-order valence-corrected chi connectivity index (χ1v) is 14.3. The predicted octanol–water partition coefficient (Wildman–Crippen LogP) is 6.16. The Morgan fingerprint density at radius 1 is 0.895 bits per heavy atom. The van der Waals surface area contributed by atoms with Gasteiger partial charge in [-0.1, -0.05) is 24.1 Å². The number of anilines is 3. The molecule has 3 fully saturated rings. The van der Waals surface area contributed by atoms with E-state index in [2.05, 4.69) is 37.9 Å². The number of nitrogens with one attached hydrogen (secondary N) is 1. The fourth-order valence-corrected chi connectivity index (χ4v) is 5.87. The van der Waals surface area contributed by atoms with Crippen LogP contribution in [-0.4, -0.2) is 57.8 Å². The summed E-state index contributed by atoms with van der Waals surface area (Å²) < 4.78 is 47.0. The van der Waals surface area contributed by atoms with Crippen molar-refractivity contribution in [1.82, 2.24) is 20.0 Å². The zero-order valence-electron chi connectivity index (χ0n) is 21.5. The Morgan fingerprint density at radius 3 is 2.34 bits per heavy atom. The second-order valence-electron chi connectivity index (χ2n) is 10.6. The standard InChI is InChI=1S/C27H32F3N7S/c1-2-38-33-19-3-6-23(24(17-19)35-13-9-26(7-8-26)10-14-35)37-18-22(32-34-37)21-5-4-20(28)25(31-21)36-15-11-27(29,30)12-16-36/h3-6,17-18,33H,2,7-16H2,1H3. The van der Waals surface area contributed by atoms with Crippen LogP contribution in [0.4, 0.5) is 30.4 Å². The number of hydrogen-bond donors (Lipinski definition) is 1. The van der Waals surface area contributed by atoms with Crippen molar-refractivity contribution in [1.29, 1.82) is 0 Å². The highest BCUT2D eigenvalue weighted by Crippen LogP contribution is 2.54. The van der Waals surface area contributed by atoms with Gasteiger partial charge in [-0.25, -0.2) is 22.8 Å². The molecule has 4 heterocycles. The van der Waals surface area contributed by atoms with Crippen molar-refractivity contribution >= 4 is 29.1 Å². The molecule has 38 heavy (non-hydrogen) atoms. The molecule has 202 valence electrons. The fourth-order valence-electron chi connectivity index (χ4n) is 5.43. The van der Waals surface area contributed by atoms with E-state index in [0.717, 1.165) is 35.9 Å². The summed E-state index contributed by atoms with van der Waals surface area (Å²) in [6.07, 6.45) is 6.30. The molecule has 0 radical (unpaired) electrons. The molecule has 1 saturated carbocycles. The van der Waals surface area contributed by atoms with Gasteiger partial charge in [0.15, 0.2) is 11.6 Å². The number of nitrogens with zero attached hydrogens (tertiary/aromatic N) is 6. The summed E-state index contributed by atoms with van der Waals surface area (Å²) >= 11 is 1.66. The lowest BCUT2D eigenvalue weighted by Gasteiger charge is -2.35. The van der Waals surface area contributed by atoms with Gasteiger partial charge in [-0.15, -0.1) is 5.10 Å². The Labute approximate surface area is 224 Å². The van der Waals surface area contributed by atoms with E-state index in [-0.39, 0.29) is 31.7 Å². The topological polar surface area (TPSA) is 62.1 Å². The van der Waals surface area contributed by atoms with Crippen molar-refractivity contribution in [2.24, 2.45) is 5.41 Å². The molecule has 11 heteroatoms. The first kappa shape index (κ1) is 25.3. The van der Waals surface area contributed by atoms with Gasteiger partial charge in [-0.05, 0) is 61.4 Å². The largest absolute Gasteiger partial charge is 0.370 e. The van der Waals surface area contributed by atoms with Gasteiger partial charge in [0.2, 0.25) is 0 Å². The number of rotatable bonds is 7. The molecule has 3 aliphatic rings. The van der Waals surface area contributed by atoms with E-state index < -0.39 is 11.7 Å². The van der Waals surface area contributed by atoms with Gasteiger partial charge in [-0.2, -0.15) is 0 Å². The van der Waals surface area contributed by atoms with Crippen LogP contribution in [0.5, 0.6) is 0 Å². The Balaban J connectivity index is 1.28. The number of aromatic nitrogens is 4. The summed E-state index contributed by atoms with van der Waals surface area (Å²) in [7, 11) is 0.